The molecule has 2 aromatic rings. The zero-order chi connectivity index (χ0) is 17.4. The minimum atomic E-state index is -0.151. The van der Waals surface area contributed by atoms with E-state index in [2.05, 4.69) is 31.9 Å². The quantitative estimate of drug-likeness (QED) is 0.663. The molecule has 0 radical (unpaired) electrons. The summed E-state index contributed by atoms with van der Waals surface area (Å²) in [6, 6.07) is 14.7. The first kappa shape index (κ1) is 18.0. The fourth-order valence-corrected chi connectivity index (χ4v) is 2.48. The summed E-state index contributed by atoms with van der Waals surface area (Å²) in [4.78, 5) is 23.6. The Bertz CT molecular complexity index is 719. The van der Waals surface area contributed by atoms with Gasteiger partial charge in [-0.15, -0.1) is 0 Å². The molecule has 0 aliphatic rings. The van der Waals surface area contributed by atoms with Crippen LogP contribution in [0.25, 0.3) is 0 Å². The highest BCUT2D eigenvalue weighted by Gasteiger charge is 2.06. The van der Waals surface area contributed by atoms with Crippen molar-refractivity contribution >= 4 is 44.8 Å². The van der Waals surface area contributed by atoms with E-state index in [4.69, 9.17) is 0 Å². The SMILES string of the molecule is CCCC(=O)Nc1cccc(NCC(=O)Nc2ccccc2Br)c1. The predicted octanol–water partition coefficient (Wildman–Crippen LogP) is 4.24. The standard InChI is InChI=1S/C18H20BrN3O2/c1-2-6-17(23)21-14-8-5-7-13(11-14)20-12-18(24)22-16-10-4-3-9-15(16)19/h3-5,7-11,20H,2,6,12H2,1H3,(H,21,23)(H,22,24). The van der Waals surface area contributed by atoms with Crippen molar-refractivity contribution in [1.29, 1.82) is 0 Å². The van der Waals surface area contributed by atoms with Gasteiger partial charge in [-0.1, -0.05) is 25.1 Å². The zero-order valence-electron chi connectivity index (χ0n) is 13.4. The van der Waals surface area contributed by atoms with Gasteiger partial charge in [0.2, 0.25) is 11.8 Å². The highest BCUT2D eigenvalue weighted by molar-refractivity contribution is 9.10. The number of rotatable bonds is 7. The Morgan fingerprint density at radius 1 is 0.958 bits per heavy atom. The second kappa shape index (κ2) is 9.08. The molecule has 3 N–H and O–H groups in total. The average molecular weight is 390 g/mol. The van der Waals surface area contributed by atoms with Gasteiger partial charge in [-0.3, -0.25) is 9.59 Å². The number of benzene rings is 2. The van der Waals surface area contributed by atoms with Crippen molar-refractivity contribution in [3.05, 3.63) is 53.0 Å². The van der Waals surface area contributed by atoms with Crippen LogP contribution in [0.1, 0.15) is 19.8 Å². The summed E-state index contributed by atoms with van der Waals surface area (Å²) < 4.78 is 0.832. The molecule has 0 unspecified atom stereocenters. The molecule has 2 aromatic carbocycles. The Morgan fingerprint density at radius 2 is 1.71 bits per heavy atom. The van der Waals surface area contributed by atoms with Crippen LogP contribution in [0.3, 0.4) is 0 Å². The van der Waals surface area contributed by atoms with Gasteiger partial charge in [0.05, 0.1) is 12.2 Å². The number of nitrogens with one attached hydrogen (secondary N) is 3. The number of halogens is 1. The van der Waals surface area contributed by atoms with Gasteiger partial charge in [0.15, 0.2) is 0 Å². The number of hydrogen-bond donors (Lipinski definition) is 3. The van der Waals surface area contributed by atoms with Crippen LogP contribution < -0.4 is 16.0 Å². The maximum atomic E-state index is 12.0. The van der Waals surface area contributed by atoms with Crippen molar-refractivity contribution in [1.82, 2.24) is 0 Å². The van der Waals surface area contributed by atoms with Crippen LogP contribution >= 0.6 is 15.9 Å². The first-order chi connectivity index (χ1) is 11.6. The average Bonchev–Trinajstić information content (AvgIpc) is 2.56. The van der Waals surface area contributed by atoms with Crippen molar-refractivity contribution in [2.75, 3.05) is 22.5 Å². The Morgan fingerprint density at radius 3 is 2.46 bits per heavy atom. The van der Waals surface area contributed by atoms with Crippen LogP contribution in [-0.4, -0.2) is 18.4 Å². The van der Waals surface area contributed by atoms with Crippen LogP contribution in [0.4, 0.5) is 17.1 Å². The lowest BCUT2D eigenvalue weighted by molar-refractivity contribution is -0.116. The fraction of sp³-hybridized carbons (Fsp3) is 0.222. The van der Waals surface area contributed by atoms with E-state index >= 15 is 0 Å². The van der Waals surface area contributed by atoms with Crippen LogP contribution in [-0.2, 0) is 9.59 Å². The summed E-state index contributed by atoms with van der Waals surface area (Å²) in [6.45, 7) is 2.09. The lowest BCUT2D eigenvalue weighted by Gasteiger charge is -2.10. The summed E-state index contributed by atoms with van der Waals surface area (Å²) in [6.07, 6.45) is 1.30. The lowest BCUT2D eigenvalue weighted by atomic mass is 10.2. The number of amides is 2. The lowest BCUT2D eigenvalue weighted by Crippen LogP contribution is -2.22. The Labute approximate surface area is 150 Å². The molecule has 2 amide bonds. The summed E-state index contributed by atoms with van der Waals surface area (Å²) in [5.41, 5.74) is 2.21. The summed E-state index contributed by atoms with van der Waals surface area (Å²) in [5, 5.41) is 8.71. The molecule has 0 bridgehead atoms. The van der Waals surface area contributed by atoms with Gasteiger partial charge < -0.3 is 16.0 Å². The number of anilines is 3. The third-order valence-electron chi connectivity index (χ3n) is 3.22. The van der Waals surface area contributed by atoms with E-state index in [1.54, 1.807) is 6.07 Å². The largest absolute Gasteiger partial charge is 0.376 e. The molecule has 0 atom stereocenters. The van der Waals surface area contributed by atoms with E-state index in [1.807, 2.05) is 49.4 Å². The van der Waals surface area contributed by atoms with Gasteiger partial charge in [0, 0.05) is 22.3 Å². The van der Waals surface area contributed by atoms with E-state index in [9.17, 15) is 9.59 Å². The van der Waals surface area contributed by atoms with Gasteiger partial charge in [-0.2, -0.15) is 0 Å². The van der Waals surface area contributed by atoms with Gasteiger partial charge in [0.1, 0.15) is 0 Å². The summed E-state index contributed by atoms with van der Waals surface area (Å²) in [5.74, 6) is -0.163. The van der Waals surface area contributed by atoms with E-state index < -0.39 is 0 Å². The van der Waals surface area contributed by atoms with Gasteiger partial charge in [-0.25, -0.2) is 0 Å². The molecule has 0 aliphatic carbocycles. The first-order valence-corrected chi connectivity index (χ1v) is 8.56. The Balaban J connectivity index is 1.88. The summed E-state index contributed by atoms with van der Waals surface area (Å²) >= 11 is 3.39. The molecule has 0 spiro atoms. The van der Waals surface area contributed by atoms with E-state index in [0.717, 1.165) is 22.3 Å². The predicted molar refractivity (Wildman–Crippen MR) is 101 cm³/mol. The number of para-hydroxylation sites is 1. The van der Waals surface area contributed by atoms with Gasteiger partial charge in [0.25, 0.3) is 0 Å². The monoisotopic (exact) mass is 389 g/mol. The van der Waals surface area contributed by atoms with Crippen molar-refractivity contribution in [2.24, 2.45) is 0 Å². The topological polar surface area (TPSA) is 70.2 Å². The molecule has 0 fully saturated rings. The van der Waals surface area contributed by atoms with Crippen molar-refractivity contribution in [3.63, 3.8) is 0 Å². The zero-order valence-corrected chi connectivity index (χ0v) is 15.0. The molecule has 5 nitrogen and oxygen atoms in total. The molecule has 6 heteroatoms. The molecule has 0 saturated heterocycles. The number of hydrogen-bond acceptors (Lipinski definition) is 3. The molecule has 24 heavy (non-hydrogen) atoms. The van der Waals surface area contributed by atoms with Crippen LogP contribution in [0.15, 0.2) is 53.0 Å². The molecule has 0 aliphatic heterocycles. The maximum Gasteiger partial charge on any atom is 0.243 e. The highest BCUT2D eigenvalue weighted by Crippen LogP contribution is 2.21. The normalized spacial score (nSPS) is 10.1. The van der Waals surface area contributed by atoms with Gasteiger partial charge in [-0.05, 0) is 52.7 Å². The molecule has 0 saturated carbocycles. The number of carbonyl (C=O) groups excluding carboxylic acids is 2. The molecule has 126 valence electrons. The van der Waals surface area contributed by atoms with Crippen LogP contribution in [0.5, 0.6) is 0 Å². The van der Waals surface area contributed by atoms with Crippen molar-refractivity contribution in [3.8, 4) is 0 Å². The maximum absolute atomic E-state index is 12.0. The minimum Gasteiger partial charge on any atom is -0.376 e. The summed E-state index contributed by atoms with van der Waals surface area (Å²) in [7, 11) is 0. The second-order valence-electron chi connectivity index (χ2n) is 5.26. The van der Waals surface area contributed by atoms with Crippen LogP contribution in [0, 0.1) is 0 Å². The first-order valence-electron chi connectivity index (χ1n) is 7.76. The van der Waals surface area contributed by atoms with Crippen molar-refractivity contribution < 1.29 is 9.59 Å². The number of carbonyl (C=O) groups is 2. The van der Waals surface area contributed by atoms with E-state index in [0.29, 0.717) is 12.1 Å². The molecular weight excluding hydrogens is 370 g/mol. The Hall–Kier alpha value is -2.34. The minimum absolute atomic E-state index is 0.0127. The van der Waals surface area contributed by atoms with E-state index in [-0.39, 0.29) is 18.4 Å². The fourth-order valence-electron chi connectivity index (χ4n) is 2.10. The molecular formula is C18H20BrN3O2. The third-order valence-corrected chi connectivity index (χ3v) is 3.92. The second-order valence-corrected chi connectivity index (χ2v) is 6.11. The molecule has 0 heterocycles. The smallest absolute Gasteiger partial charge is 0.243 e. The molecule has 2 rings (SSSR count). The third kappa shape index (κ3) is 5.70. The highest BCUT2D eigenvalue weighted by atomic mass is 79.9. The van der Waals surface area contributed by atoms with Crippen LogP contribution in [0.2, 0.25) is 0 Å². The van der Waals surface area contributed by atoms with Gasteiger partial charge >= 0.3 is 0 Å². The van der Waals surface area contributed by atoms with E-state index in [1.165, 1.54) is 0 Å². The molecule has 0 aromatic heterocycles. The van der Waals surface area contributed by atoms with Crippen molar-refractivity contribution in [2.45, 2.75) is 19.8 Å². The Kier molecular flexibility index (Phi) is 6.81.